The van der Waals surface area contributed by atoms with Gasteiger partial charge < -0.3 is 15.3 Å². The summed E-state index contributed by atoms with van der Waals surface area (Å²) in [6, 6.07) is 0.363. The Morgan fingerprint density at radius 3 is 2.40 bits per heavy atom. The SMILES string of the molecule is CC(C)NCCC(=O)N(C)CCC(=O)O. The van der Waals surface area contributed by atoms with E-state index >= 15 is 0 Å². The number of carbonyl (C=O) groups is 2. The first-order chi connectivity index (χ1) is 6.93. The molecule has 0 fully saturated rings. The molecule has 0 aliphatic heterocycles. The molecule has 0 aromatic rings. The summed E-state index contributed by atoms with van der Waals surface area (Å²) >= 11 is 0. The van der Waals surface area contributed by atoms with Crippen molar-refractivity contribution in [1.29, 1.82) is 0 Å². The predicted molar refractivity (Wildman–Crippen MR) is 57.6 cm³/mol. The van der Waals surface area contributed by atoms with Crippen LogP contribution in [-0.2, 0) is 9.59 Å². The van der Waals surface area contributed by atoms with Crippen molar-refractivity contribution in [2.75, 3.05) is 20.1 Å². The maximum Gasteiger partial charge on any atom is 0.305 e. The fourth-order valence-corrected chi connectivity index (χ4v) is 1.05. The van der Waals surface area contributed by atoms with Gasteiger partial charge in [-0.2, -0.15) is 0 Å². The lowest BCUT2D eigenvalue weighted by Gasteiger charge is -2.16. The third-order valence-electron chi connectivity index (χ3n) is 1.98. The summed E-state index contributed by atoms with van der Waals surface area (Å²) in [5.41, 5.74) is 0. The minimum absolute atomic E-state index is 0.000150. The second kappa shape index (κ2) is 7.23. The van der Waals surface area contributed by atoms with Gasteiger partial charge in [-0.05, 0) is 0 Å². The molecule has 5 heteroatoms. The molecule has 0 aromatic heterocycles. The molecule has 88 valence electrons. The molecule has 0 saturated carbocycles. The summed E-state index contributed by atoms with van der Waals surface area (Å²) < 4.78 is 0. The van der Waals surface area contributed by atoms with Crippen molar-refractivity contribution in [3.63, 3.8) is 0 Å². The van der Waals surface area contributed by atoms with Crippen LogP contribution in [0.25, 0.3) is 0 Å². The Hall–Kier alpha value is -1.10. The molecule has 0 aliphatic carbocycles. The summed E-state index contributed by atoms with van der Waals surface area (Å²) in [5.74, 6) is -0.903. The van der Waals surface area contributed by atoms with E-state index in [0.29, 0.717) is 19.0 Å². The minimum atomic E-state index is -0.880. The Kier molecular flexibility index (Phi) is 6.70. The fourth-order valence-electron chi connectivity index (χ4n) is 1.05. The van der Waals surface area contributed by atoms with Gasteiger partial charge >= 0.3 is 5.97 Å². The lowest BCUT2D eigenvalue weighted by atomic mass is 10.3. The third kappa shape index (κ3) is 7.93. The van der Waals surface area contributed by atoms with Crippen LogP contribution in [0.3, 0.4) is 0 Å². The standard InChI is InChI=1S/C10H20N2O3/c1-8(2)11-6-4-9(13)12(3)7-5-10(14)15/h8,11H,4-7H2,1-3H3,(H,14,15). The lowest BCUT2D eigenvalue weighted by Crippen LogP contribution is -2.33. The number of carboxylic acids is 1. The maximum absolute atomic E-state index is 11.4. The van der Waals surface area contributed by atoms with E-state index in [4.69, 9.17) is 5.11 Å². The first kappa shape index (κ1) is 13.9. The molecule has 0 saturated heterocycles. The first-order valence-corrected chi connectivity index (χ1v) is 5.12. The van der Waals surface area contributed by atoms with Crippen LogP contribution in [0.4, 0.5) is 0 Å². The smallest absolute Gasteiger partial charge is 0.305 e. The largest absolute Gasteiger partial charge is 0.481 e. The Balaban J connectivity index is 3.64. The van der Waals surface area contributed by atoms with Crippen molar-refractivity contribution in [2.45, 2.75) is 32.7 Å². The fraction of sp³-hybridized carbons (Fsp3) is 0.800. The molecule has 0 unspecified atom stereocenters. The molecule has 1 amide bonds. The van der Waals surface area contributed by atoms with E-state index in [1.165, 1.54) is 4.90 Å². The van der Waals surface area contributed by atoms with E-state index in [-0.39, 0.29) is 18.9 Å². The van der Waals surface area contributed by atoms with Gasteiger partial charge in [-0.15, -0.1) is 0 Å². The molecule has 2 N–H and O–H groups in total. The van der Waals surface area contributed by atoms with E-state index in [1.54, 1.807) is 7.05 Å². The molecule has 0 rings (SSSR count). The topological polar surface area (TPSA) is 69.6 Å². The normalized spacial score (nSPS) is 10.4. The van der Waals surface area contributed by atoms with Crippen molar-refractivity contribution in [3.8, 4) is 0 Å². The molecule has 15 heavy (non-hydrogen) atoms. The average Bonchev–Trinajstić information content (AvgIpc) is 2.13. The van der Waals surface area contributed by atoms with E-state index in [1.807, 2.05) is 13.8 Å². The molecule has 0 aliphatic rings. The maximum atomic E-state index is 11.4. The number of nitrogens with zero attached hydrogens (tertiary/aromatic N) is 1. The van der Waals surface area contributed by atoms with Gasteiger partial charge in [-0.1, -0.05) is 13.8 Å². The zero-order valence-electron chi connectivity index (χ0n) is 9.62. The molecule has 0 atom stereocenters. The van der Waals surface area contributed by atoms with Crippen LogP contribution < -0.4 is 5.32 Å². The average molecular weight is 216 g/mol. The highest BCUT2D eigenvalue weighted by Gasteiger charge is 2.09. The summed E-state index contributed by atoms with van der Waals surface area (Å²) in [6.07, 6.45) is 0.411. The third-order valence-corrected chi connectivity index (χ3v) is 1.98. The number of carboxylic acid groups (broad SMARTS) is 1. The van der Waals surface area contributed by atoms with Crippen LogP contribution in [0.2, 0.25) is 0 Å². The van der Waals surface area contributed by atoms with Crippen LogP contribution in [0.1, 0.15) is 26.7 Å². The van der Waals surface area contributed by atoms with Gasteiger partial charge in [-0.3, -0.25) is 9.59 Å². The van der Waals surface area contributed by atoms with Crippen LogP contribution >= 0.6 is 0 Å². The monoisotopic (exact) mass is 216 g/mol. The van der Waals surface area contributed by atoms with Gasteiger partial charge in [-0.25, -0.2) is 0 Å². The number of amides is 1. The Bertz CT molecular complexity index is 217. The highest BCUT2D eigenvalue weighted by atomic mass is 16.4. The van der Waals surface area contributed by atoms with Gasteiger partial charge in [0.15, 0.2) is 0 Å². The van der Waals surface area contributed by atoms with Crippen LogP contribution in [0.5, 0.6) is 0 Å². The van der Waals surface area contributed by atoms with Gasteiger partial charge in [0.2, 0.25) is 5.91 Å². The summed E-state index contributed by atoms with van der Waals surface area (Å²) in [6.45, 7) is 4.93. The van der Waals surface area contributed by atoms with E-state index in [0.717, 1.165) is 0 Å². The zero-order valence-corrected chi connectivity index (χ0v) is 9.62. The number of hydrogen-bond donors (Lipinski definition) is 2. The Morgan fingerprint density at radius 1 is 1.33 bits per heavy atom. The first-order valence-electron chi connectivity index (χ1n) is 5.12. The predicted octanol–water partition coefficient (Wildman–Crippen LogP) is 0.308. The zero-order chi connectivity index (χ0) is 11.8. The van der Waals surface area contributed by atoms with Crippen LogP contribution in [-0.4, -0.2) is 48.1 Å². The number of hydrogen-bond acceptors (Lipinski definition) is 3. The summed E-state index contributed by atoms with van der Waals surface area (Å²) in [7, 11) is 1.63. The Labute approximate surface area is 90.5 Å². The van der Waals surface area contributed by atoms with Crippen molar-refractivity contribution in [1.82, 2.24) is 10.2 Å². The van der Waals surface area contributed by atoms with E-state index in [2.05, 4.69) is 5.32 Å². The van der Waals surface area contributed by atoms with E-state index in [9.17, 15) is 9.59 Å². The molecule has 0 heterocycles. The van der Waals surface area contributed by atoms with E-state index < -0.39 is 5.97 Å². The van der Waals surface area contributed by atoms with Crippen molar-refractivity contribution in [2.24, 2.45) is 0 Å². The second-order valence-corrected chi connectivity index (χ2v) is 3.82. The molecule has 0 spiro atoms. The highest BCUT2D eigenvalue weighted by Crippen LogP contribution is 1.93. The highest BCUT2D eigenvalue weighted by molar-refractivity contribution is 5.76. The molecular weight excluding hydrogens is 196 g/mol. The molecule has 0 bridgehead atoms. The second-order valence-electron chi connectivity index (χ2n) is 3.82. The van der Waals surface area contributed by atoms with Gasteiger partial charge in [0.25, 0.3) is 0 Å². The summed E-state index contributed by atoms with van der Waals surface area (Å²) in [5, 5.41) is 11.6. The summed E-state index contributed by atoms with van der Waals surface area (Å²) in [4.78, 5) is 23.2. The van der Waals surface area contributed by atoms with Gasteiger partial charge in [0.05, 0.1) is 6.42 Å². The minimum Gasteiger partial charge on any atom is -0.481 e. The van der Waals surface area contributed by atoms with Crippen LogP contribution in [0, 0.1) is 0 Å². The molecular formula is C10H20N2O3. The van der Waals surface area contributed by atoms with Crippen molar-refractivity contribution < 1.29 is 14.7 Å². The van der Waals surface area contributed by atoms with Crippen molar-refractivity contribution in [3.05, 3.63) is 0 Å². The Morgan fingerprint density at radius 2 is 1.93 bits per heavy atom. The number of carbonyl (C=O) groups excluding carboxylic acids is 1. The van der Waals surface area contributed by atoms with Gasteiger partial charge in [0, 0.05) is 32.6 Å². The number of nitrogens with one attached hydrogen (secondary N) is 1. The molecule has 0 aromatic carbocycles. The molecule has 5 nitrogen and oxygen atoms in total. The lowest BCUT2D eigenvalue weighted by molar-refractivity contribution is -0.138. The van der Waals surface area contributed by atoms with Crippen LogP contribution in [0.15, 0.2) is 0 Å². The number of rotatable bonds is 7. The van der Waals surface area contributed by atoms with Crippen molar-refractivity contribution >= 4 is 11.9 Å². The number of aliphatic carboxylic acids is 1. The molecule has 0 radical (unpaired) electrons. The quantitative estimate of drug-likeness (QED) is 0.642. The van der Waals surface area contributed by atoms with Gasteiger partial charge in [0.1, 0.15) is 0 Å².